The van der Waals surface area contributed by atoms with Gasteiger partial charge in [0.2, 0.25) is 0 Å². The zero-order valence-corrected chi connectivity index (χ0v) is 13.6. The highest BCUT2D eigenvalue weighted by Gasteiger charge is 2.08. The molecule has 0 bridgehead atoms. The van der Waals surface area contributed by atoms with Crippen LogP contribution in [-0.4, -0.2) is 0 Å². The quantitative estimate of drug-likeness (QED) is 0.591. The lowest BCUT2D eigenvalue weighted by atomic mass is 9.97. The Bertz CT molecular complexity index is 655. The molecule has 0 amide bonds. The molecule has 0 saturated carbocycles. The second kappa shape index (κ2) is 6.44. The van der Waals surface area contributed by atoms with Crippen molar-refractivity contribution in [3.8, 4) is 10.4 Å². The first-order chi connectivity index (χ1) is 10.3. The summed E-state index contributed by atoms with van der Waals surface area (Å²) in [6.45, 7) is 4.54. The average molecular weight is 294 g/mol. The van der Waals surface area contributed by atoms with Gasteiger partial charge in [0, 0.05) is 9.75 Å². The Kier molecular flexibility index (Phi) is 4.40. The number of hydrogen-bond donors (Lipinski definition) is 0. The zero-order chi connectivity index (χ0) is 14.7. The number of allylic oxidation sites excluding steroid dienone is 4. The van der Waals surface area contributed by atoms with Gasteiger partial charge in [0.1, 0.15) is 0 Å². The third kappa shape index (κ3) is 3.19. The lowest BCUT2D eigenvalue weighted by molar-refractivity contribution is 0.734. The molecule has 1 atom stereocenters. The summed E-state index contributed by atoms with van der Waals surface area (Å²) in [5.41, 5.74) is 4.16. The van der Waals surface area contributed by atoms with Crippen LogP contribution in [0.15, 0.2) is 54.6 Å². The topological polar surface area (TPSA) is 0 Å². The smallest absolute Gasteiger partial charge is 0.0349 e. The van der Waals surface area contributed by atoms with Crippen LogP contribution in [0.3, 0.4) is 0 Å². The number of thiophene rings is 1. The molecule has 1 aliphatic rings. The maximum absolute atomic E-state index is 2.35. The van der Waals surface area contributed by atoms with E-state index < -0.39 is 0 Å². The van der Waals surface area contributed by atoms with Crippen molar-refractivity contribution in [2.45, 2.75) is 39.0 Å². The minimum absolute atomic E-state index is 0.649. The Labute approximate surface area is 131 Å². The van der Waals surface area contributed by atoms with Crippen molar-refractivity contribution in [1.29, 1.82) is 0 Å². The highest BCUT2D eigenvalue weighted by atomic mass is 32.1. The Hall–Kier alpha value is -1.60. The van der Waals surface area contributed by atoms with E-state index in [2.05, 4.69) is 68.5 Å². The fourth-order valence-electron chi connectivity index (χ4n) is 2.66. The molecule has 21 heavy (non-hydrogen) atoms. The Morgan fingerprint density at radius 2 is 1.76 bits per heavy atom. The Balaban J connectivity index is 1.83. The molecule has 2 aromatic rings. The van der Waals surface area contributed by atoms with Gasteiger partial charge in [0.05, 0.1) is 0 Å². The molecule has 0 radical (unpaired) electrons. The molecule has 1 heterocycles. The summed E-state index contributed by atoms with van der Waals surface area (Å²) in [6.07, 6.45) is 10.4. The molecular formula is C20H22S. The first-order valence-electron chi connectivity index (χ1n) is 7.85. The zero-order valence-electron chi connectivity index (χ0n) is 12.8. The standard InChI is InChI=1S/C20H22S/c1-3-15(2)16-9-11-18(12-10-16)20-14-13-19(21-20)17-7-5-4-6-8-17/h5,7-15H,3-4,6H2,1-2H3. The first-order valence-corrected chi connectivity index (χ1v) is 8.67. The average Bonchev–Trinajstić information content (AvgIpc) is 3.05. The van der Waals surface area contributed by atoms with Crippen molar-refractivity contribution in [3.63, 3.8) is 0 Å². The lowest BCUT2D eigenvalue weighted by Gasteiger charge is -2.09. The van der Waals surface area contributed by atoms with Crippen molar-refractivity contribution in [2.75, 3.05) is 0 Å². The van der Waals surface area contributed by atoms with Crippen molar-refractivity contribution in [3.05, 3.63) is 65.1 Å². The van der Waals surface area contributed by atoms with Gasteiger partial charge in [0.15, 0.2) is 0 Å². The summed E-state index contributed by atoms with van der Waals surface area (Å²) < 4.78 is 0. The fourth-order valence-corrected chi connectivity index (χ4v) is 3.69. The van der Waals surface area contributed by atoms with E-state index in [0.29, 0.717) is 5.92 Å². The van der Waals surface area contributed by atoms with E-state index >= 15 is 0 Å². The van der Waals surface area contributed by atoms with Gasteiger partial charge in [-0.3, -0.25) is 0 Å². The molecule has 0 N–H and O–H groups in total. The summed E-state index contributed by atoms with van der Waals surface area (Å²) >= 11 is 1.89. The number of rotatable bonds is 4. The second-order valence-electron chi connectivity index (χ2n) is 5.73. The number of benzene rings is 1. The minimum Gasteiger partial charge on any atom is -0.135 e. The first kappa shape index (κ1) is 14.3. The molecule has 0 nitrogen and oxygen atoms in total. The molecule has 108 valence electrons. The predicted molar refractivity (Wildman–Crippen MR) is 94.8 cm³/mol. The highest BCUT2D eigenvalue weighted by Crippen LogP contribution is 2.34. The van der Waals surface area contributed by atoms with Crippen LogP contribution >= 0.6 is 11.3 Å². The monoisotopic (exact) mass is 294 g/mol. The van der Waals surface area contributed by atoms with Gasteiger partial charge in [-0.15, -0.1) is 11.3 Å². The summed E-state index contributed by atoms with van der Waals surface area (Å²) in [6, 6.07) is 13.6. The van der Waals surface area contributed by atoms with Crippen molar-refractivity contribution in [2.24, 2.45) is 0 Å². The highest BCUT2D eigenvalue weighted by molar-refractivity contribution is 7.16. The Morgan fingerprint density at radius 3 is 2.43 bits per heavy atom. The molecule has 0 fully saturated rings. The van der Waals surface area contributed by atoms with Crippen molar-refractivity contribution < 1.29 is 0 Å². The van der Waals surface area contributed by atoms with Crippen molar-refractivity contribution in [1.82, 2.24) is 0 Å². The maximum atomic E-state index is 2.35. The molecule has 1 heteroatoms. The van der Waals surface area contributed by atoms with E-state index in [9.17, 15) is 0 Å². The molecule has 1 unspecified atom stereocenters. The van der Waals surface area contributed by atoms with E-state index in [0.717, 1.165) is 0 Å². The molecule has 1 aliphatic carbocycles. The SMILES string of the molecule is CCC(C)c1ccc(-c2ccc(C3=CCCC=C3)s2)cc1. The third-order valence-electron chi connectivity index (χ3n) is 4.26. The summed E-state index contributed by atoms with van der Waals surface area (Å²) in [5, 5.41) is 0. The molecule has 3 rings (SSSR count). The van der Waals surface area contributed by atoms with Crippen LogP contribution in [0.1, 0.15) is 49.5 Å². The normalized spacial score (nSPS) is 15.8. The van der Waals surface area contributed by atoms with E-state index in [1.807, 2.05) is 11.3 Å². The minimum atomic E-state index is 0.649. The van der Waals surface area contributed by atoms with Crippen LogP contribution in [0, 0.1) is 0 Å². The van der Waals surface area contributed by atoms with Crippen LogP contribution < -0.4 is 0 Å². The molecule has 0 saturated heterocycles. The van der Waals surface area contributed by atoms with Crippen LogP contribution in [0.5, 0.6) is 0 Å². The van der Waals surface area contributed by atoms with E-state index in [-0.39, 0.29) is 0 Å². The van der Waals surface area contributed by atoms with Crippen LogP contribution in [0.25, 0.3) is 16.0 Å². The van der Waals surface area contributed by atoms with Gasteiger partial charge in [-0.1, -0.05) is 56.3 Å². The van der Waals surface area contributed by atoms with E-state index in [1.54, 1.807) is 0 Å². The molecule has 0 aliphatic heterocycles. The molecule has 1 aromatic heterocycles. The Morgan fingerprint density at radius 1 is 1.00 bits per heavy atom. The van der Waals surface area contributed by atoms with Gasteiger partial charge in [0.25, 0.3) is 0 Å². The van der Waals surface area contributed by atoms with Gasteiger partial charge in [-0.2, -0.15) is 0 Å². The van der Waals surface area contributed by atoms with Gasteiger partial charge in [-0.25, -0.2) is 0 Å². The molecule has 1 aromatic carbocycles. The predicted octanol–water partition coefficient (Wildman–Crippen LogP) is 6.66. The summed E-state index contributed by atoms with van der Waals surface area (Å²) in [7, 11) is 0. The van der Waals surface area contributed by atoms with Crippen molar-refractivity contribution >= 4 is 16.9 Å². The molecule has 0 spiro atoms. The van der Waals surface area contributed by atoms with E-state index in [4.69, 9.17) is 0 Å². The fraction of sp³-hybridized carbons (Fsp3) is 0.300. The summed E-state index contributed by atoms with van der Waals surface area (Å²) in [5.74, 6) is 0.649. The second-order valence-corrected chi connectivity index (χ2v) is 6.82. The third-order valence-corrected chi connectivity index (χ3v) is 5.45. The lowest BCUT2D eigenvalue weighted by Crippen LogP contribution is -1.90. The number of hydrogen-bond acceptors (Lipinski definition) is 1. The molecular weight excluding hydrogens is 272 g/mol. The van der Waals surface area contributed by atoms with E-state index in [1.165, 1.54) is 45.7 Å². The van der Waals surface area contributed by atoms with Crippen LogP contribution in [0.2, 0.25) is 0 Å². The maximum Gasteiger partial charge on any atom is 0.0349 e. The van der Waals surface area contributed by atoms with Crippen LogP contribution in [-0.2, 0) is 0 Å². The van der Waals surface area contributed by atoms with Gasteiger partial charge in [-0.05, 0) is 54.0 Å². The van der Waals surface area contributed by atoms with Gasteiger partial charge < -0.3 is 0 Å². The van der Waals surface area contributed by atoms with Crippen LogP contribution in [0.4, 0.5) is 0 Å². The largest absolute Gasteiger partial charge is 0.135 e. The van der Waals surface area contributed by atoms with Gasteiger partial charge >= 0.3 is 0 Å². The summed E-state index contributed by atoms with van der Waals surface area (Å²) in [4.78, 5) is 2.74.